The zero-order valence-electron chi connectivity index (χ0n) is 26.0. The molecular formula is C34H38F3N5O4. The highest BCUT2D eigenvalue weighted by Crippen LogP contribution is 2.44. The lowest BCUT2D eigenvalue weighted by Crippen LogP contribution is -2.61. The number of aryl methyl sites for hydroxylation is 1. The van der Waals surface area contributed by atoms with Gasteiger partial charge in [-0.25, -0.2) is 4.79 Å². The molecule has 2 heterocycles. The molecule has 0 bridgehead atoms. The highest BCUT2D eigenvalue weighted by Gasteiger charge is 2.54. The standard InChI is InChI=1S/C34H38F3N5O4/c1-32(2,38)33(3,26-14-10-22-20-23(34(35,36)37)11-15-27(22)40-29(26)43)30(44)39-24-12-8-21(9-13-24)25-6-4-5-7-28(25)41-31(45)42-16-18-46-19-17-42/h4-9,11-13,15,20,26H,10,14,16-19,38H2,1-3H3,(H,39,44)(H,40,43)(H,41,45)/t26-,33?/m0/s1. The van der Waals surface area contributed by atoms with E-state index >= 15 is 0 Å². The average Bonchev–Trinajstić information content (AvgIpc) is 3.18. The van der Waals surface area contributed by atoms with E-state index in [4.69, 9.17) is 10.5 Å². The third-order valence-corrected chi connectivity index (χ3v) is 9.14. The zero-order chi connectivity index (χ0) is 33.3. The normalized spacial score (nSPS) is 18.5. The Hall–Kier alpha value is -4.42. The van der Waals surface area contributed by atoms with Gasteiger partial charge in [-0.2, -0.15) is 13.2 Å². The zero-order valence-corrected chi connectivity index (χ0v) is 26.0. The lowest BCUT2D eigenvalue weighted by Gasteiger charge is -2.44. The summed E-state index contributed by atoms with van der Waals surface area (Å²) in [4.78, 5) is 42.0. The van der Waals surface area contributed by atoms with Gasteiger partial charge in [0.1, 0.15) is 0 Å². The first-order valence-corrected chi connectivity index (χ1v) is 15.1. The van der Waals surface area contributed by atoms with Gasteiger partial charge in [0.15, 0.2) is 0 Å². The van der Waals surface area contributed by atoms with Gasteiger partial charge in [-0.15, -0.1) is 0 Å². The van der Waals surface area contributed by atoms with Crippen molar-refractivity contribution in [3.05, 3.63) is 77.9 Å². The van der Waals surface area contributed by atoms with Crippen LogP contribution in [0.15, 0.2) is 66.7 Å². The number of ether oxygens (including phenoxy) is 1. The second-order valence-corrected chi connectivity index (χ2v) is 12.5. The molecule has 0 aliphatic carbocycles. The van der Waals surface area contributed by atoms with Crippen LogP contribution in [0, 0.1) is 11.3 Å². The van der Waals surface area contributed by atoms with Gasteiger partial charge in [0.05, 0.1) is 35.8 Å². The molecule has 12 heteroatoms. The summed E-state index contributed by atoms with van der Waals surface area (Å²) in [6.45, 7) is 6.93. The number of anilines is 3. The van der Waals surface area contributed by atoms with E-state index in [0.717, 1.165) is 23.3 Å². The number of halogens is 3. The number of rotatable bonds is 6. The number of hydrogen-bond donors (Lipinski definition) is 4. The van der Waals surface area contributed by atoms with Crippen molar-refractivity contribution in [2.75, 3.05) is 42.3 Å². The number of nitrogens with two attached hydrogens (primary N) is 1. The van der Waals surface area contributed by atoms with Gasteiger partial charge in [-0.1, -0.05) is 30.3 Å². The van der Waals surface area contributed by atoms with Crippen LogP contribution in [0.4, 0.5) is 35.0 Å². The summed E-state index contributed by atoms with van der Waals surface area (Å²) in [6.07, 6.45) is -4.25. The van der Waals surface area contributed by atoms with E-state index in [1.807, 2.05) is 36.4 Å². The van der Waals surface area contributed by atoms with Crippen molar-refractivity contribution in [2.24, 2.45) is 17.1 Å². The predicted octanol–water partition coefficient (Wildman–Crippen LogP) is 6.12. The van der Waals surface area contributed by atoms with Crippen LogP contribution in [0.5, 0.6) is 0 Å². The molecule has 4 amide bonds. The molecule has 9 nitrogen and oxygen atoms in total. The van der Waals surface area contributed by atoms with Gasteiger partial charge >= 0.3 is 12.2 Å². The first-order chi connectivity index (χ1) is 21.7. The minimum Gasteiger partial charge on any atom is -0.378 e. The lowest BCUT2D eigenvalue weighted by atomic mass is 9.62. The van der Waals surface area contributed by atoms with Gasteiger partial charge in [0, 0.05) is 35.6 Å². The largest absolute Gasteiger partial charge is 0.416 e. The maximum absolute atomic E-state index is 14.0. The summed E-state index contributed by atoms with van der Waals surface area (Å²) in [7, 11) is 0. The summed E-state index contributed by atoms with van der Waals surface area (Å²) in [5, 5.41) is 8.62. The maximum atomic E-state index is 14.0. The number of carbonyl (C=O) groups excluding carboxylic acids is 3. The molecule has 0 spiro atoms. The highest BCUT2D eigenvalue weighted by molar-refractivity contribution is 6.03. The second kappa shape index (κ2) is 12.8. The molecule has 244 valence electrons. The SMILES string of the molecule is CC(C)(N)C(C)(C(=O)Nc1ccc(-c2ccccc2NC(=O)N2CCOCC2)cc1)[C@H]1CCc2cc(C(F)(F)F)ccc2NC1=O. The van der Waals surface area contributed by atoms with Crippen LogP contribution < -0.4 is 21.7 Å². The Kier molecular flexibility index (Phi) is 9.14. The number of hydrogen-bond acceptors (Lipinski definition) is 5. The number of nitrogens with zero attached hydrogens (tertiary/aromatic N) is 1. The van der Waals surface area contributed by atoms with E-state index in [1.54, 1.807) is 37.8 Å². The number of carbonyl (C=O) groups is 3. The smallest absolute Gasteiger partial charge is 0.378 e. The fourth-order valence-corrected chi connectivity index (χ4v) is 6.00. The van der Waals surface area contributed by atoms with E-state index in [-0.39, 0.29) is 24.6 Å². The Morgan fingerprint density at radius 2 is 1.63 bits per heavy atom. The van der Waals surface area contributed by atoms with Crippen molar-refractivity contribution in [1.29, 1.82) is 0 Å². The molecule has 3 aromatic carbocycles. The predicted molar refractivity (Wildman–Crippen MR) is 170 cm³/mol. The fraction of sp³-hybridized carbons (Fsp3) is 0.382. The molecule has 0 saturated carbocycles. The van der Waals surface area contributed by atoms with Gasteiger partial charge in [0.2, 0.25) is 11.8 Å². The van der Waals surface area contributed by atoms with Gasteiger partial charge < -0.3 is 31.3 Å². The Labute approximate surface area is 265 Å². The van der Waals surface area contributed by atoms with Crippen LogP contribution in [-0.4, -0.2) is 54.6 Å². The molecule has 1 saturated heterocycles. The quantitative estimate of drug-likeness (QED) is 0.259. The van der Waals surface area contributed by atoms with Crippen LogP contribution in [-0.2, 0) is 26.9 Å². The number of alkyl halides is 3. The summed E-state index contributed by atoms with van der Waals surface area (Å²) in [5.41, 5.74) is 6.47. The summed E-state index contributed by atoms with van der Waals surface area (Å²) in [6, 6.07) is 17.5. The molecule has 5 rings (SSSR count). The Morgan fingerprint density at radius 1 is 0.957 bits per heavy atom. The third kappa shape index (κ3) is 6.73. The Morgan fingerprint density at radius 3 is 2.28 bits per heavy atom. The fourth-order valence-electron chi connectivity index (χ4n) is 6.00. The van der Waals surface area contributed by atoms with Gasteiger partial charge in [0.25, 0.3) is 0 Å². The van der Waals surface area contributed by atoms with E-state index in [9.17, 15) is 27.6 Å². The van der Waals surface area contributed by atoms with Gasteiger partial charge in [-0.3, -0.25) is 9.59 Å². The van der Waals surface area contributed by atoms with Crippen molar-refractivity contribution in [3.8, 4) is 11.1 Å². The van der Waals surface area contributed by atoms with Gasteiger partial charge in [-0.05, 0) is 81.1 Å². The first-order valence-electron chi connectivity index (χ1n) is 15.1. The minimum absolute atomic E-state index is 0.122. The summed E-state index contributed by atoms with van der Waals surface area (Å²) < 4.78 is 45.4. The molecule has 46 heavy (non-hydrogen) atoms. The van der Waals surface area contributed by atoms with Crippen molar-refractivity contribution in [3.63, 3.8) is 0 Å². The average molecular weight is 638 g/mol. The van der Waals surface area contributed by atoms with E-state index < -0.39 is 40.4 Å². The molecule has 0 aromatic heterocycles. The number of urea groups is 1. The first kappa shape index (κ1) is 33.0. The van der Waals surface area contributed by atoms with Crippen molar-refractivity contribution < 1.29 is 32.3 Å². The van der Waals surface area contributed by atoms with Crippen molar-refractivity contribution in [2.45, 2.75) is 45.3 Å². The molecule has 5 N–H and O–H groups in total. The maximum Gasteiger partial charge on any atom is 0.416 e. The van der Waals surface area contributed by atoms with E-state index in [1.165, 1.54) is 6.07 Å². The van der Waals surface area contributed by atoms with E-state index in [2.05, 4.69) is 16.0 Å². The summed E-state index contributed by atoms with van der Waals surface area (Å²) >= 11 is 0. The van der Waals surface area contributed by atoms with Crippen LogP contribution in [0.2, 0.25) is 0 Å². The lowest BCUT2D eigenvalue weighted by molar-refractivity contribution is -0.139. The highest BCUT2D eigenvalue weighted by atomic mass is 19.4. The number of fused-ring (bicyclic) bond motifs is 1. The third-order valence-electron chi connectivity index (χ3n) is 9.14. The Balaban J connectivity index is 1.34. The molecular weight excluding hydrogens is 599 g/mol. The van der Waals surface area contributed by atoms with Crippen molar-refractivity contribution in [1.82, 2.24) is 4.90 Å². The molecule has 2 aliphatic rings. The van der Waals surface area contributed by atoms with E-state index in [0.29, 0.717) is 43.2 Å². The minimum atomic E-state index is -4.52. The van der Waals surface area contributed by atoms with Crippen LogP contribution in [0.1, 0.15) is 38.3 Å². The number of para-hydroxylation sites is 1. The summed E-state index contributed by atoms with van der Waals surface area (Å²) in [5.74, 6) is -1.91. The van der Waals surface area contributed by atoms with Crippen LogP contribution >= 0.6 is 0 Å². The van der Waals surface area contributed by atoms with Crippen LogP contribution in [0.3, 0.4) is 0 Å². The monoisotopic (exact) mass is 637 g/mol. The number of amides is 4. The number of morpholine rings is 1. The molecule has 1 fully saturated rings. The number of nitrogens with one attached hydrogen (secondary N) is 3. The molecule has 2 atom stereocenters. The Bertz CT molecular complexity index is 1610. The molecule has 3 aromatic rings. The molecule has 0 radical (unpaired) electrons. The number of benzene rings is 3. The molecule has 1 unspecified atom stereocenters. The van der Waals surface area contributed by atoms with Crippen LogP contribution in [0.25, 0.3) is 11.1 Å². The second-order valence-electron chi connectivity index (χ2n) is 12.5. The topological polar surface area (TPSA) is 126 Å². The van der Waals surface area contributed by atoms with Crippen molar-refractivity contribution >= 4 is 34.9 Å². The molecule has 2 aliphatic heterocycles.